The van der Waals surface area contributed by atoms with Gasteiger partial charge in [0.1, 0.15) is 11.4 Å². The third kappa shape index (κ3) is 2.80. The number of methoxy groups -OCH3 is 1. The number of hydrogen-bond donors (Lipinski definition) is 2. The maximum atomic E-state index is 5.28. The molecule has 2 aromatic heterocycles. The molecule has 5 rings (SSSR count). The number of H-pyrrole nitrogens is 2. The Bertz CT molecular complexity index is 1110. The third-order valence-corrected chi connectivity index (χ3v) is 5.33. The van der Waals surface area contributed by atoms with Gasteiger partial charge in [-0.3, -0.25) is 5.10 Å². The van der Waals surface area contributed by atoms with Gasteiger partial charge in [-0.05, 0) is 37.4 Å². The van der Waals surface area contributed by atoms with Gasteiger partial charge < -0.3 is 19.5 Å². The van der Waals surface area contributed by atoms with E-state index in [2.05, 4.69) is 50.2 Å². The molecule has 0 atom stereocenters. The zero-order valence-corrected chi connectivity index (χ0v) is 15.5. The van der Waals surface area contributed by atoms with E-state index in [1.54, 1.807) is 7.11 Å². The molecule has 1 fully saturated rings. The molecule has 1 aliphatic heterocycles. The summed E-state index contributed by atoms with van der Waals surface area (Å²) in [6.45, 7) is 4.29. The van der Waals surface area contributed by atoms with Crippen molar-refractivity contribution in [2.24, 2.45) is 0 Å². The summed E-state index contributed by atoms with van der Waals surface area (Å²) in [7, 11) is 3.83. The van der Waals surface area contributed by atoms with Gasteiger partial charge in [0.2, 0.25) is 0 Å². The van der Waals surface area contributed by atoms with E-state index < -0.39 is 0 Å². The van der Waals surface area contributed by atoms with Crippen LogP contribution in [0.25, 0.3) is 33.5 Å². The number of hydrogen-bond acceptors (Lipinski definition) is 5. The molecule has 7 heteroatoms. The predicted molar refractivity (Wildman–Crippen MR) is 107 cm³/mol. The van der Waals surface area contributed by atoms with Crippen molar-refractivity contribution in [2.45, 2.75) is 0 Å². The fourth-order valence-electron chi connectivity index (χ4n) is 3.68. The zero-order chi connectivity index (χ0) is 18.4. The maximum Gasteiger partial charge on any atom is 0.159 e. The fraction of sp³-hybridized carbons (Fsp3) is 0.300. The molecule has 0 bridgehead atoms. The highest BCUT2D eigenvalue weighted by Gasteiger charge is 2.17. The van der Waals surface area contributed by atoms with Gasteiger partial charge in [-0.2, -0.15) is 5.10 Å². The SMILES string of the molecule is COc1ccc2c(-c3nc4ccc(N5CCN(C)CC5)cc4[nH]3)n[nH]c2c1. The van der Waals surface area contributed by atoms with Crippen LogP contribution < -0.4 is 9.64 Å². The topological polar surface area (TPSA) is 73.1 Å². The third-order valence-electron chi connectivity index (χ3n) is 5.33. The molecule has 0 radical (unpaired) electrons. The second-order valence-electron chi connectivity index (χ2n) is 7.06. The molecular formula is C20H22N6O. The van der Waals surface area contributed by atoms with E-state index in [1.807, 2.05) is 18.2 Å². The number of fused-ring (bicyclic) bond motifs is 2. The predicted octanol–water partition coefficient (Wildman–Crippen LogP) is 2.87. The summed E-state index contributed by atoms with van der Waals surface area (Å²) in [5.74, 6) is 1.58. The standard InChI is InChI=1S/C20H22N6O/c1-25-7-9-26(10-8-25)13-3-6-16-18(11-13)22-20(21-16)19-15-5-4-14(27-2)12-17(15)23-24-19/h3-6,11-12H,7-10H2,1-2H3,(H,21,22)(H,23,24). The number of benzene rings is 2. The van der Waals surface area contributed by atoms with Gasteiger partial charge in [0, 0.05) is 43.3 Å². The minimum Gasteiger partial charge on any atom is -0.497 e. The molecular weight excluding hydrogens is 340 g/mol. The second kappa shape index (κ2) is 6.28. The minimum atomic E-state index is 0.775. The highest BCUT2D eigenvalue weighted by molar-refractivity contribution is 5.94. The number of aromatic amines is 2. The molecule has 0 saturated carbocycles. The Morgan fingerprint density at radius 2 is 1.85 bits per heavy atom. The van der Waals surface area contributed by atoms with E-state index in [1.165, 1.54) is 5.69 Å². The largest absolute Gasteiger partial charge is 0.497 e. The smallest absolute Gasteiger partial charge is 0.159 e. The lowest BCUT2D eigenvalue weighted by Gasteiger charge is -2.34. The number of piperazine rings is 1. The van der Waals surface area contributed by atoms with Crippen LogP contribution in [0.5, 0.6) is 5.75 Å². The number of imidazole rings is 1. The average molecular weight is 362 g/mol. The van der Waals surface area contributed by atoms with Crippen LogP contribution >= 0.6 is 0 Å². The van der Waals surface area contributed by atoms with Crippen LogP contribution in [-0.4, -0.2) is 65.4 Å². The molecule has 138 valence electrons. The summed E-state index contributed by atoms with van der Waals surface area (Å²) in [6.07, 6.45) is 0. The summed E-state index contributed by atoms with van der Waals surface area (Å²) in [5, 5.41) is 8.56. The number of anilines is 1. The highest BCUT2D eigenvalue weighted by Crippen LogP contribution is 2.29. The fourth-order valence-corrected chi connectivity index (χ4v) is 3.68. The van der Waals surface area contributed by atoms with Crippen molar-refractivity contribution in [1.82, 2.24) is 25.1 Å². The molecule has 0 spiro atoms. The van der Waals surface area contributed by atoms with Crippen molar-refractivity contribution in [1.29, 1.82) is 0 Å². The molecule has 27 heavy (non-hydrogen) atoms. The van der Waals surface area contributed by atoms with Gasteiger partial charge in [0.15, 0.2) is 5.82 Å². The van der Waals surface area contributed by atoms with Gasteiger partial charge in [-0.15, -0.1) is 0 Å². The number of nitrogens with zero attached hydrogens (tertiary/aromatic N) is 4. The Kier molecular flexibility index (Phi) is 3.75. The lowest BCUT2D eigenvalue weighted by atomic mass is 10.2. The van der Waals surface area contributed by atoms with Crippen molar-refractivity contribution in [3.63, 3.8) is 0 Å². The van der Waals surface area contributed by atoms with Crippen molar-refractivity contribution < 1.29 is 4.74 Å². The van der Waals surface area contributed by atoms with Crippen LogP contribution in [0.15, 0.2) is 36.4 Å². The van der Waals surface area contributed by atoms with Gasteiger partial charge in [-0.1, -0.05) is 0 Å². The van der Waals surface area contributed by atoms with E-state index in [-0.39, 0.29) is 0 Å². The van der Waals surface area contributed by atoms with Crippen molar-refractivity contribution in [3.8, 4) is 17.3 Å². The van der Waals surface area contributed by atoms with Crippen molar-refractivity contribution >= 4 is 27.6 Å². The first-order chi connectivity index (χ1) is 13.2. The highest BCUT2D eigenvalue weighted by atomic mass is 16.5. The lowest BCUT2D eigenvalue weighted by Crippen LogP contribution is -2.44. The van der Waals surface area contributed by atoms with Crippen LogP contribution in [0, 0.1) is 0 Å². The van der Waals surface area contributed by atoms with E-state index in [9.17, 15) is 0 Å². The second-order valence-corrected chi connectivity index (χ2v) is 7.06. The number of aromatic nitrogens is 4. The van der Waals surface area contributed by atoms with Crippen LogP contribution in [0.2, 0.25) is 0 Å². The number of ether oxygens (including phenoxy) is 1. The molecule has 2 N–H and O–H groups in total. The Morgan fingerprint density at radius 3 is 2.67 bits per heavy atom. The zero-order valence-electron chi connectivity index (χ0n) is 15.5. The monoisotopic (exact) mass is 362 g/mol. The lowest BCUT2D eigenvalue weighted by molar-refractivity contribution is 0.313. The first-order valence-corrected chi connectivity index (χ1v) is 9.17. The van der Waals surface area contributed by atoms with E-state index >= 15 is 0 Å². The molecule has 1 aliphatic rings. The molecule has 4 aromatic rings. The number of likely N-dealkylation sites (N-methyl/N-ethyl adjacent to an activating group) is 1. The quantitative estimate of drug-likeness (QED) is 0.586. The van der Waals surface area contributed by atoms with Crippen LogP contribution in [0.1, 0.15) is 0 Å². The molecule has 1 saturated heterocycles. The molecule has 0 unspecified atom stereocenters. The minimum absolute atomic E-state index is 0.775. The van der Waals surface area contributed by atoms with Crippen molar-refractivity contribution in [2.75, 3.05) is 45.2 Å². The van der Waals surface area contributed by atoms with Gasteiger partial charge in [0.05, 0.1) is 23.7 Å². The molecule has 0 amide bonds. The summed E-state index contributed by atoms with van der Waals surface area (Å²) in [5.41, 5.74) is 4.98. The van der Waals surface area contributed by atoms with Crippen LogP contribution in [0.3, 0.4) is 0 Å². The summed E-state index contributed by atoms with van der Waals surface area (Å²) in [4.78, 5) is 13.0. The summed E-state index contributed by atoms with van der Waals surface area (Å²) >= 11 is 0. The first kappa shape index (κ1) is 16.1. The number of rotatable bonds is 3. The summed E-state index contributed by atoms with van der Waals surface area (Å²) in [6, 6.07) is 12.3. The molecule has 7 nitrogen and oxygen atoms in total. The van der Waals surface area contributed by atoms with Gasteiger partial charge in [0.25, 0.3) is 0 Å². The van der Waals surface area contributed by atoms with E-state index in [0.29, 0.717) is 0 Å². The summed E-state index contributed by atoms with van der Waals surface area (Å²) < 4.78 is 5.28. The Morgan fingerprint density at radius 1 is 1.00 bits per heavy atom. The Hall–Kier alpha value is -3.06. The first-order valence-electron chi connectivity index (χ1n) is 9.17. The molecule has 0 aliphatic carbocycles. The molecule has 3 heterocycles. The van der Waals surface area contributed by atoms with Crippen LogP contribution in [-0.2, 0) is 0 Å². The average Bonchev–Trinajstić information content (AvgIpc) is 3.31. The normalized spacial score (nSPS) is 15.7. The van der Waals surface area contributed by atoms with Crippen LogP contribution in [0.4, 0.5) is 5.69 Å². The Labute approximate surface area is 156 Å². The Balaban J connectivity index is 1.51. The van der Waals surface area contributed by atoms with Crippen molar-refractivity contribution in [3.05, 3.63) is 36.4 Å². The van der Waals surface area contributed by atoms with E-state index in [0.717, 1.165) is 65.4 Å². The van der Waals surface area contributed by atoms with Gasteiger partial charge in [-0.25, -0.2) is 4.98 Å². The number of nitrogens with one attached hydrogen (secondary N) is 2. The molecule has 2 aromatic carbocycles. The van der Waals surface area contributed by atoms with E-state index in [4.69, 9.17) is 9.72 Å². The maximum absolute atomic E-state index is 5.28. The van der Waals surface area contributed by atoms with Gasteiger partial charge >= 0.3 is 0 Å².